The van der Waals surface area contributed by atoms with E-state index in [1.54, 1.807) is 23.9 Å². The zero-order valence-corrected chi connectivity index (χ0v) is 7.14. The minimum Gasteiger partial charge on any atom is -0.463 e. The van der Waals surface area contributed by atoms with Crippen molar-refractivity contribution in [2.24, 2.45) is 4.99 Å². The molecule has 0 atom stereocenters. The van der Waals surface area contributed by atoms with Gasteiger partial charge in [0.15, 0.2) is 11.6 Å². The Balaban J connectivity index is 2.22. The Labute approximate surface area is 79.2 Å². The van der Waals surface area contributed by atoms with Crippen molar-refractivity contribution < 1.29 is 9.62 Å². The summed E-state index contributed by atoms with van der Waals surface area (Å²) in [7, 11) is 0. The number of nitrogens with zero attached hydrogens (tertiary/aromatic N) is 2. The predicted octanol–water partition coefficient (Wildman–Crippen LogP) is 1.31. The third-order valence-electron chi connectivity index (χ3n) is 1.61. The van der Waals surface area contributed by atoms with Crippen molar-refractivity contribution in [3.05, 3.63) is 24.5 Å². The van der Waals surface area contributed by atoms with Crippen molar-refractivity contribution in [3.63, 3.8) is 0 Å². The maximum Gasteiger partial charge on any atom is 0.175 e. The van der Waals surface area contributed by atoms with E-state index in [1.807, 2.05) is 6.07 Å². The second kappa shape index (κ2) is 3.75. The largest absolute Gasteiger partial charge is 0.463 e. The summed E-state index contributed by atoms with van der Waals surface area (Å²) in [6.07, 6.45) is 2.70. The lowest BCUT2D eigenvalue weighted by atomic mass is 10.3. The van der Waals surface area contributed by atoms with Gasteiger partial charge in [-0.2, -0.15) is 5.10 Å². The van der Waals surface area contributed by atoms with Crippen LogP contribution in [-0.2, 0) is 0 Å². The lowest BCUT2D eigenvalue weighted by Crippen LogP contribution is -2.00. The monoisotopic (exact) mass is 192 g/mol. The van der Waals surface area contributed by atoms with Crippen LogP contribution in [0.4, 0.5) is 5.82 Å². The Hall–Kier alpha value is -2.08. The Morgan fingerprint density at radius 2 is 2.57 bits per heavy atom. The Bertz CT molecular complexity index is 418. The molecule has 2 rings (SSSR count). The molecule has 0 amide bonds. The number of hydrogen-bond donors (Lipinski definition) is 3. The fourth-order valence-corrected chi connectivity index (χ4v) is 1.03. The molecule has 72 valence electrons. The number of H-pyrrole nitrogens is 1. The first-order chi connectivity index (χ1) is 6.90. The van der Waals surface area contributed by atoms with Gasteiger partial charge in [-0.25, -0.2) is 4.99 Å². The summed E-state index contributed by atoms with van der Waals surface area (Å²) in [6.45, 7) is 0. The van der Waals surface area contributed by atoms with Gasteiger partial charge < -0.3 is 4.42 Å². The molecule has 0 bridgehead atoms. The summed E-state index contributed by atoms with van der Waals surface area (Å²) in [5.74, 6) is 1.15. The van der Waals surface area contributed by atoms with Crippen LogP contribution in [0.1, 0.15) is 0 Å². The molecular formula is C8H8N4O2. The molecule has 0 aliphatic carbocycles. The molecule has 0 spiro atoms. The van der Waals surface area contributed by atoms with Gasteiger partial charge in [0.25, 0.3) is 0 Å². The van der Waals surface area contributed by atoms with Crippen molar-refractivity contribution in [2.45, 2.75) is 0 Å². The normalized spacial score (nSPS) is 10.9. The molecule has 6 heteroatoms. The van der Waals surface area contributed by atoms with Crippen LogP contribution in [0.15, 0.2) is 33.9 Å². The van der Waals surface area contributed by atoms with E-state index in [0.29, 0.717) is 11.6 Å². The molecular weight excluding hydrogens is 184 g/mol. The number of rotatable bonds is 3. The second-order valence-electron chi connectivity index (χ2n) is 2.50. The molecule has 6 nitrogen and oxygen atoms in total. The van der Waals surface area contributed by atoms with Crippen LogP contribution in [-0.4, -0.2) is 21.7 Å². The number of aliphatic imine (C=N–C) groups is 1. The van der Waals surface area contributed by atoms with Crippen LogP contribution in [0.2, 0.25) is 0 Å². The molecule has 2 aromatic rings. The lowest BCUT2D eigenvalue weighted by Gasteiger charge is -1.85. The Morgan fingerprint density at radius 1 is 1.64 bits per heavy atom. The van der Waals surface area contributed by atoms with Crippen molar-refractivity contribution in [1.82, 2.24) is 15.7 Å². The van der Waals surface area contributed by atoms with Gasteiger partial charge in [-0.15, -0.1) is 0 Å². The van der Waals surface area contributed by atoms with Crippen LogP contribution in [0.25, 0.3) is 11.5 Å². The summed E-state index contributed by atoms with van der Waals surface area (Å²) < 4.78 is 5.15. The first-order valence-electron chi connectivity index (χ1n) is 3.91. The molecule has 0 saturated carbocycles. The van der Waals surface area contributed by atoms with Gasteiger partial charge in [0.2, 0.25) is 0 Å². The van der Waals surface area contributed by atoms with Crippen LogP contribution in [0.5, 0.6) is 0 Å². The zero-order chi connectivity index (χ0) is 9.80. The SMILES string of the molecule is ONC=Nc1cc(-c2ccco2)[nH]n1. The van der Waals surface area contributed by atoms with Gasteiger partial charge in [-0.1, -0.05) is 0 Å². The Kier molecular flexibility index (Phi) is 2.28. The van der Waals surface area contributed by atoms with E-state index < -0.39 is 0 Å². The molecule has 14 heavy (non-hydrogen) atoms. The highest BCUT2D eigenvalue weighted by Gasteiger charge is 2.03. The van der Waals surface area contributed by atoms with E-state index in [-0.39, 0.29) is 0 Å². The number of hydrogen-bond acceptors (Lipinski definition) is 4. The average Bonchev–Trinajstić information content (AvgIpc) is 2.85. The van der Waals surface area contributed by atoms with E-state index in [9.17, 15) is 0 Å². The molecule has 3 N–H and O–H groups in total. The minimum atomic E-state index is 0.456. The third kappa shape index (κ3) is 1.64. The molecule has 0 radical (unpaired) electrons. The van der Waals surface area contributed by atoms with E-state index >= 15 is 0 Å². The van der Waals surface area contributed by atoms with Gasteiger partial charge in [-0.3, -0.25) is 15.8 Å². The van der Waals surface area contributed by atoms with Crippen LogP contribution >= 0.6 is 0 Å². The molecule has 2 heterocycles. The van der Waals surface area contributed by atoms with Crippen molar-refractivity contribution in [1.29, 1.82) is 0 Å². The topological polar surface area (TPSA) is 86.4 Å². The summed E-state index contributed by atoms with van der Waals surface area (Å²) in [5, 5.41) is 14.9. The highest BCUT2D eigenvalue weighted by molar-refractivity contribution is 5.61. The van der Waals surface area contributed by atoms with E-state index in [0.717, 1.165) is 12.0 Å². The molecule has 0 fully saturated rings. The summed E-state index contributed by atoms with van der Waals surface area (Å²) >= 11 is 0. The molecule has 0 aromatic carbocycles. The zero-order valence-electron chi connectivity index (χ0n) is 7.14. The maximum absolute atomic E-state index is 8.26. The van der Waals surface area contributed by atoms with Gasteiger partial charge in [-0.05, 0) is 12.1 Å². The van der Waals surface area contributed by atoms with Crippen molar-refractivity contribution >= 4 is 12.2 Å². The maximum atomic E-state index is 8.26. The average molecular weight is 192 g/mol. The van der Waals surface area contributed by atoms with Gasteiger partial charge in [0.1, 0.15) is 12.0 Å². The fraction of sp³-hybridized carbons (Fsp3) is 0. The quantitative estimate of drug-likeness (QED) is 0.388. The number of nitrogens with one attached hydrogen (secondary N) is 2. The number of aromatic amines is 1. The van der Waals surface area contributed by atoms with Crippen molar-refractivity contribution in [3.8, 4) is 11.5 Å². The number of aromatic nitrogens is 2. The first kappa shape index (κ1) is 8.52. The molecule has 0 saturated heterocycles. The number of hydroxylamine groups is 1. The van der Waals surface area contributed by atoms with Crippen LogP contribution in [0.3, 0.4) is 0 Å². The smallest absolute Gasteiger partial charge is 0.175 e. The number of furan rings is 1. The molecule has 2 aromatic heterocycles. The first-order valence-corrected chi connectivity index (χ1v) is 3.91. The van der Waals surface area contributed by atoms with E-state index in [1.165, 1.54) is 0 Å². The van der Waals surface area contributed by atoms with Gasteiger partial charge in [0.05, 0.1) is 6.26 Å². The summed E-state index contributed by atoms with van der Waals surface area (Å²) in [4.78, 5) is 3.79. The van der Waals surface area contributed by atoms with Crippen LogP contribution < -0.4 is 5.48 Å². The lowest BCUT2D eigenvalue weighted by molar-refractivity contribution is 0.240. The highest BCUT2D eigenvalue weighted by atomic mass is 16.5. The fourth-order valence-electron chi connectivity index (χ4n) is 1.03. The predicted molar refractivity (Wildman–Crippen MR) is 49.4 cm³/mol. The van der Waals surface area contributed by atoms with E-state index in [4.69, 9.17) is 9.62 Å². The van der Waals surface area contributed by atoms with Crippen LogP contribution in [0, 0.1) is 0 Å². The van der Waals surface area contributed by atoms with E-state index in [2.05, 4.69) is 15.2 Å². The highest BCUT2D eigenvalue weighted by Crippen LogP contribution is 2.20. The standard InChI is InChI=1S/C8H8N4O2/c13-10-5-9-8-4-6(11-12-8)7-2-1-3-14-7/h1-5,13H,(H2,9,10,11,12). The molecule has 0 aliphatic rings. The molecule has 0 aliphatic heterocycles. The summed E-state index contributed by atoms with van der Waals surface area (Å²) in [6, 6.07) is 5.30. The Morgan fingerprint density at radius 3 is 3.29 bits per heavy atom. The third-order valence-corrected chi connectivity index (χ3v) is 1.61. The van der Waals surface area contributed by atoms with Gasteiger partial charge >= 0.3 is 0 Å². The minimum absolute atomic E-state index is 0.456. The van der Waals surface area contributed by atoms with Crippen molar-refractivity contribution in [2.75, 3.05) is 0 Å². The summed E-state index contributed by atoms with van der Waals surface area (Å²) in [5.41, 5.74) is 2.53. The van der Waals surface area contributed by atoms with Gasteiger partial charge in [0, 0.05) is 6.07 Å². The second-order valence-corrected chi connectivity index (χ2v) is 2.50. The molecule has 0 unspecified atom stereocenters.